The largest absolute Gasteiger partial charge is 0.395 e. The molecule has 0 unspecified atom stereocenters. The van der Waals surface area contributed by atoms with Crippen LogP contribution in [0.1, 0.15) is 18.9 Å². The third-order valence-electron chi connectivity index (χ3n) is 3.30. The first kappa shape index (κ1) is 12.6. The number of aliphatic hydroxyl groups is 1. The Kier molecular flexibility index (Phi) is 3.34. The van der Waals surface area contributed by atoms with Gasteiger partial charge in [0.05, 0.1) is 13.2 Å². The predicted molar refractivity (Wildman–Crippen MR) is 65.7 cm³/mol. The summed E-state index contributed by atoms with van der Waals surface area (Å²) in [6, 6.07) is 8.73. The van der Waals surface area contributed by atoms with Crippen LogP contribution in [0.5, 0.6) is 0 Å². The molecule has 18 heavy (non-hydrogen) atoms. The van der Waals surface area contributed by atoms with Gasteiger partial charge in [-0.1, -0.05) is 37.3 Å². The molecular formula is C13H16N2O3. The number of hydrogen-bond donors (Lipinski definition) is 2. The van der Waals surface area contributed by atoms with Gasteiger partial charge in [0, 0.05) is 0 Å². The number of carbonyl (C=O) groups excluding carboxylic acids is 2. The first-order chi connectivity index (χ1) is 8.65. The van der Waals surface area contributed by atoms with E-state index in [2.05, 4.69) is 5.32 Å². The zero-order valence-corrected chi connectivity index (χ0v) is 10.2. The SMILES string of the molecule is CC[C@@]1(c2ccccc2)NC(=O)N(CCO)C1=O. The Morgan fingerprint density at radius 2 is 1.94 bits per heavy atom. The van der Waals surface area contributed by atoms with Gasteiger partial charge in [-0.2, -0.15) is 0 Å². The number of carbonyl (C=O) groups is 2. The Morgan fingerprint density at radius 1 is 1.28 bits per heavy atom. The maximum Gasteiger partial charge on any atom is 0.325 e. The van der Waals surface area contributed by atoms with Crippen molar-refractivity contribution in [3.05, 3.63) is 35.9 Å². The maximum atomic E-state index is 12.4. The first-order valence-electron chi connectivity index (χ1n) is 5.96. The smallest absolute Gasteiger partial charge is 0.325 e. The Labute approximate surface area is 105 Å². The summed E-state index contributed by atoms with van der Waals surface area (Å²) in [5.74, 6) is -0.296. The fraction of sp³-hybridized carbons (Fsp3) is 0.385. The van der Waals surface area contributed by atoms with Gasteiger partial charge in [0.15, 0.2) is 0 Å². The fourth-order valence-corrected chi connectivity index (χ4v) is 2.29. The highest BCUT2D eigenvalue weighted by Crippen LogP contribution is 2.31. The van der Waals surface area contributed by atoms with Gasteiger partial charge in [-0.15, -0.1) is 0 Å². The summed E-state index contributed by atoms with van der Waals surface area (Å²) in [6.07, 6.45) is 0.476. The van der Waals surface area contributed by atoms with E-state index in [1.165, 1.54) is 0 Å². The zero-order valence-electron chi connectivity index (χ0n) is 10.2. The van der Waals surface area contributed by atoms with Gasteiger partial charge < -0.3 is 10.4 Å². The molecule has 1 saturated heterocycles. The number of nitrogens with zero attached hydrogens (tertiary/aromatic N) is 1. The lowest BCUT2D eigenvalue weighted by Crippen LogP contribution is -2.43. The van der Waals surface area contributed by atoms with E-state index in [-0.39, 0.29) is 19.1 Å². The molecule has 1 heterocycles. The van der Waals surface area contributed by atoms with E-state index in [0.29, 0.717) is 6.42 Å². The molecule has 1 aliphatic heterocycles. The van der Waals surface area contributed by atoms with Crippen molar-refractivity contribution in [2.75, 3.05) is 13.2 Å². The Morgan fingerprint density at radius 3 is 2.50 bits per heavy atom. The summed E-state index contributed by atoms with van der Waals surface area (Å²) in [5, 5.41) is 11.6. The zero-order chi connectivity index (χ0) is 13.2. The van der Waals surface area contributed by atoms with Gasteiger partial charge >= 0.3 is 6.03 Å². The number of β-amino-alcohol motifs (C(OH)–C–C–N with tert-alkyl or cyclic N) is 1. The molecule has 0 saturated carbocycles. The molecule has 2 rings (SSSR count). The van der Waals surface area contributed by atoms with Crippen molar-refractivity contribution in [1.29, 1.82) is 0 Å². The highest BCUT2D eigenvalue weighted by molar-refractivity contribution is 6.07. The van der Waals surface area contributed by atoms with Crippen LogP contribution in [0.2, 0.25) is 0 Å². The standard InChI is InChI=1S/C13H16N2O3/c1-2-13(10-6-4-3-5-7-10)11(17)15(8-9-16)12(18)14-13/h3-7,16H,2,8-9H2,1H3,(H,14,18)/t13-/m0/s1. The molecule has 2 N–H and O–H groups in total. The first-order valence-corrected chi connectivity index (χ1v) is 5.96. The normalized spacial score (nSPS) is 23.3. The van der Waals surface area contributed by atoms with Crippen LogP contribution in [0.25, 0.3) is 0 Å². The number of amides is 3. The highest BCUT2D eigenvalue weighted by Gasteiger charge is 2.50. The molecule has 1 aromatic rings. The number of rotatable bonds is 4. The number of urea groups is 1. The summed E-state index contributed by atoms with van der Waals surface area (Å²) in [7, 11) is 0. The van der Waals surface area contributed by atoms with Gasteiger partial charge in [-0.05, 0) is 12.0 Å². The minimum atomic E-state index is -0.993. The quantitative estimate of drug-likeness (QED) is 0.776. The molecule has 1 aromatic carbocycles. The average Bonchev–Trinajstić information content (AvgIpc) is 2.65. The van der Waals surface area contributed by atoms with Crippen LogP contribution in [0.15, 0.2) is 30.3 Å². The summed E-state index contributed by atoms with van der Waals surface area (Å²) in [4.78, 5) is 25.3. The van der Waals surface area contributed by atoms with E-state index in [4.69, 9.17) is 5.11 Å². The van der Waals surface area contributed by atoms with Gasteiger partial charge in [0.25, 0.3) is 5.91 Å². The lowest BCUT2D eigenvalue weighted by molar-refractivity contribution is -0.132. The molecule has 1 atom stereocenters. The van der Waals surface area contributed by atoms with Crippen molar-refractivity contribution < 1.29 is 14.7 Å². The van der Waals surface area contributed by atoms with Gasteiger partial charge in [0.1, 0.15) is 5.54 Å². The van der Waals surface area contributed by atoms with Crippen LogP contribution < -0.4 is 5.32 Å². The van der Waals surface area contributed by atoms with Gasteiger partial charge in [-0.3, -0.25) is 9.69 Å². The Bertz CT molecular complexity index is 461. The maximum absolute atomic E-state index is 12.4. The van der Waals surface area contributed by atoms with Gasteiger partial charge in [-0.25, -0.2) is 4.79 Å². The van der Waals surface area contributed by atoms with E-state index in [9.17, 15) is 9.59 Å². The second-order valence-corrected chi connectivity index (χ2v) is 4.24. The minimum Gasteiger partial charge on any atom is -0.395 e. The van der Waals surface area contributed by atoms with E-state index >= 15 is 0 Å². The second-order valence-electron chi connectivity index (χ2n) is 4.24. The van der Waals surface area contributed by atoms with Crippen LogP contribution in [-0.2, 0) is 10.3 Å². The van der Waals surface area contributed by atoms with Crippen molar-refractivity contribution in [3.63, 3.8) is 0 Å². The van der Waals surface area contributed by atoms with Crippen LogP contribution in [0, 0.1) is 0 Å². The number of imide groups is 1. The van der Waals surface area contributed by atoms with Crippen molar-refractivity contribution >= 4 is 11.9 Å². The van der Waals surface area contributed by atoms with Crippen LogP contribution in [-0.4, -0.2) is 35.1 Å². The average molecular weight is 248 g/mol. The summed E-state index contributed by atoms with van der Waals surface area (Å²) >= 11 is 0. The molecule has 0 bridgehead atoms. The fourth-order valence-electron chi connectivity index (χ4n) is 2.29. The van der Waals surface area contributed by atoms with E-state index in [0.717, 1.165) is 10.5 Å². The third-order valence-corrected chi connectivity index (χ3v) is 3.30. The third kappa shape index (κ3) is 1.76. The molecule has 1 fully saturated rings. The molecule has 0 radical (unpaired) electrons. The number of aliphatic hydroxyl groups excluding tert-OH is 1. The van der Waals surface area contributed by atoms with Crippen LogP contribution in [0.4, 0.5) is 4.79 Å². The van der Waals surface area contributed by atoms with Crippen molar-refractivity contribution in [3.8, 4) is 0 Å². The number of benzene rings is 1. The van der Waals surface area contributed by atoms with Gasteiger partial charge in [0.2, 0.25) is 0 Å². The van der Waals surface area contributed by atoms with E-state index < -0.39 is 11.6 Å². The van der Waals surface area contributed by atoms with E-state index in [1.807, 2.05) is 37.3 Å². The van der Waals surface area contributed by atoms with Crippen molar-refractivity contribution in [1.82, 2.24) is 10.2 Å². The lowest BCUT2D eigenvalue weighted by atomic mass is 9.87. The molecule has 5 nitrogen and oxygen atoms in total. The number of hydrogen-bond acceptors (Lipinski definition) is 3. The van der Waals surface area contributed by atoms with Crippen LogP contribution >= 0.6 is 0 Å². The summed E-state index contributed by atoms with van der Waals surface area (Å²) in [6.45, 7) is 1.65. The van der Waals surface area contributed by atoms with E-state index in [1.54, 1.807) is 0 Å². The van der Waals surface area contributed by atoms with Crippen molar-refractivity contribution in [2.24, 2.45) is 0 Å². The Hall–Kier alpha value is -1.88. The number of nitrogens with one attached hydrogen (secondary N) is 1. The minimum absolute atomic E-state index is 0.0270. The Balaban J connectivity index is 2.41. The predicted octanol–water partition coefficient (Wildman–Crippen LogP) is 0.836. The summed E-state index contributed by atoms with van der Waals surface area (Å²) in [5.41, 5.74) is -0.223. The summed E-state index contributed by atoms with van der Waals surface area (Å²) < 4.78 is 0. The molecule has 3 amide bonds. The van der Waals surface area contributed by atoms with Crippen LogP contribution in [0.3, 0.4) is 0 Å². The lowest BCUT2D eigenvalue weighted by Gasteiger charge is -2.25. The topological polar surface area (TPSA) is 69.6 Å². The molecule has 1 aliphatic rings. The molecule has 96 valence electrons. The monoisotopic (exact) mass is 248 g/mol. The second kappa shape index (κ2) is 4.78. The molecular weight excluding hydrogens is 232 g/mol. The molecule has 0 aromatic heterocycles. The molecule has 0 spiro atoms. The molecule has 5 heteroatoms. The van der Waals surface area contributed by atoms with Crippen molar-refractivity contribution in [2.45, 2.75) is 18.9 Å². The molecule has 0 aliphatic carbocycles. The highest BCUT2D eigenvalue weighted by atomic mass is 16.3.